The zero-order valence-corrected chi connectivity index (χ0v) is 22.2. The third kappa shape index (κ3) is 4.87. The highest BCUT2D eigenvalue weighted by Crippen LogP contribution is 2.34. The van der Waals surface area contributed by atoms with E-state index in [0.717, 1.165) is 43.2 Å². The average Bonchev–Trinajstić information content (AvgIpc) is 3.23. The lowest BCUT2D eigenvalue weighted by molar-refractivity contribution is -0.142. The summed E-state index contributed by atoms with van der Waals surface area (Å²) in [5.74, 6) is -2.98. The second-order valence-corrected chi connectivity index (χ2v) is 10.6. The molecular weight excluding hydrogens is 540 g/mol. The third-order valence-electron chi connectivity index (χ3n) is 8.10. The minimum Gasteiger partial charge on any atom is -0.381 e. The van der Waals surface area contributed by atoms with Gasteiger partial charge in [-0.1, -0.05) is 0 Å². The summed E-state index contributed by atoms with van der Waals surface area (Å²) in [7, 11) is 0. The largest absolute Gasteiger partial charge is 0.381 e. The van der Waals surface area contributed by atoms with Crippen LogP contribution in [-0.2, 0) is 9.53 Å². The van der Waals surface area contributed by atoms with Crippen molar-refractivity contribution in [1.82, 2.24) is 29.4 Å². The number of nitrogens with two attached hydrogens (primary N) is 3. The first-order chi connectivity index (χ1) is 19.6. The molecule has 0 spiro atoms. The standard InChI is InChI=1S/C25H31F2N11O3/c26-15-9-31-10-17(32-23(39)18-21(29)34-38-11-16(27)20(28)33-22(18)38)19(15)36-3-1-25(30,2-4-36)24(40)37-7-5-35(6-8-37)14-12-41-13-14/h9-11,14H,1-8,12-13,30H2,(H2,28,33)(H2,29,34)(H,32,39). The maximum Gasteiger partial charge on any atom is 0.263 e. The highest BCUT2D eigenvalue weighted by atomic mass is 19.1. The van der Waals surface area contributed by atoms with E-state index in [2.05, 4.69) is 25.3 Å². The monoisotopic (exact) mass is 571 g/mol. The van der Waals surface area contributed by atoms with Crippen LogP contribution in [0.4, 0.5) is 31.8 Å². The third-order valence-corrected chi connectivity index (χ3v) is 8.10. The van der Waals surface area contributed by atoms with E-state index in [1.807, 2.05) is 4.90 Å². The number of anilines is 4. The molecule has 0 saturated carbocycles. The Hall–Kier alpha value is -4.15. The van der Waals surface area contributed by atoms with Gasteiger partial charge < -0.3 is 37.1 Å². The molecule has 2 amide bonds. The zero-order chi connectivity index (χ0) is 28.9. The lowest BCUT2D eigenvalue weighted by Gasteiger charge is -2.46. The predicted octanol–water partition coefficient (Wildman–Crippen LogP) is -0.340. The second-order valence-electron chi connectivity index (χ2n) is 10.6. The van der Waals surface area contributed by atoms with Crippen LogP contribution in [0.5, 0.6) is 0 Å². The number of nitrogens with zero attached hydrogens (tertiary/aromatic N) is 7. The number of amides is 2. The number of piperidine rings is 1. The molecule has 7 N–H and O–H groups in total. The van der Waals surface area contributed by atoms with Gasteiger partial charge in [-0.2, -0.15) is 0 Å². The maximum absolute atomic E-state index is 15.1. The van der Waals surface area contributed by atoms with Crippen LogP contribution >= 0.6 is 0 Å². The van der Waals surface area contributed by atoms with Crippen molar-refractivity contribution in [1.29, 1.82) is 0 Å². The van der Waals surface area contributed by atoms with Gasteiger partial charge in [0.15, 0.2) is 28.9 Å². The SMILES string of the molecule is Nc1nc2c(C(=O)Nc3cncc(F)c3N3CCC(N)(C(=O)N4CCN(C5COC5)CC4)CC3)c(N)nn2cc1F. The molecule has 6 rings (SSSR count). The predicted molar refractivity (Wildman–Crippen MR) is 145 cm³/mol. The van der Waals surface area contributed by atoms with E-state index >= 15 is 4.39 Å². The smallest absolute Gasteiger partial charge is 0.263 e. The fourth-order valence-corrected chi connectivity index (χ4v) is 5.61. The van der Waals surface area contributed by atoms with E-state index in [1.54, 1.807) is 4.90 Å². The van der Waals surface area contributed by atoms with Crippen molar-refractivity contribution in [2.24, 2.45) is 5.73 Å². The molecule has 0 aliphatic carbocycles. The highest BCUT2D eigenvalue weighted by molar-refractivity contribution is 6.12. The number of halogens is 2. The molecule has 0 unspecified atom stereocenters. The number of hydrogen-bond acceptors (Lipinski definition) is 11. The molecule has 0 aromatic carbocycles. The van der Waals surface area contributed by atoms with Crippen molar-refractivity contribution in [3.05, 3.63) is 35.8 Å². The lowest BCUT2D eigenvalue weighted by Crippen LogP contribution is -2.64. The van der Waals surface area contributed by atoms with Crippen molar-refractivity contribution < 1.29 is 23.1 Å². The number of ether oxygens (including phenoxy) is 1. The molecule has 3 aromatic rings. The Morgan fingerprint density at radius 2 is 1.71 bits per heavy atom. The number of nitrogens with one attached hydrogen (secondary N) is 1. The van der Waals surface area contributed by atoms with Crippen LogP contribution in [0.2, 0.25) is 0 Å². The molecule has 218 valence electrons. The first-order valence-electron chi connectivity index (χ1n) is 13.3. The zero-order valence-electron chi connectivity index (χ0n) is 22.2. The molecule has 0 radical (unpaired) electrons. The number of carbonyl (C=O) groups excluding carboxylic acids is 2. The lowest BCUT2D eigenvalue weighted by atomic mass is 9.86. The molecule has 3 aliphatic rings. The second kappa shape index (κ2) is 10.4. The van der Waals surface area contributed by atoms with Gasteiger partial charge in [0.2, 0.25) is 5.91 Å². The summed E-state index contributed by atoms with van der Waals surface area (Å²) in [4.78, 5) is 40.3. The topological polar surface area (TPSA) is 186 Å². The Bertz CT molecular complexity index is 1500. The van der Waals surface area contributed by atoms with Crippen molar-refractivity contribution in [3.63, 3.8) is 0 Å². The summed E-state index contributed by atoms with van der Waals surface area (Å²) in [5, 5.41) is 6.54. The molecule has 14 nitrogen and oxygen atoms in total. The number of carbonyl (C=O) groups is 2. The molecule has 3 saturated heterocycles. The van der Waals surface area contributed by atoms with Crippen molar-refractivity contribution >= 4 is 40.5 Å². The molecule has 0 bridgehead atoms. The molecular formula is C25H31F2N11O3. The van der Waals surface area contributed by atoms with Crippen LogP contribution in [-0.4, -0.2) is 105 Å². The van der Waals surface area contributed by atoms with Crippen molar-refractivity contribution in [2.75, 3.05) is 74.2 Å². The number of piperazine rings is 1. The van der Waals surface area contributed by atoms with Gasteiger partial charge in [-0.15, -0.1) is 5.10 Å². The number of hydrogen-bond donors (Lipinski definition) is 4. The molecule has 6 heterocycles. The molecule has 16 heteroatoms. The molecule has 3 aromatic heterocycles. The number of rotatable bonds is 5. The van der Waals surface area contributed by atoms with Gasteiger partial charge in [-0.25, -0.2) is 18.3 Å². The van der Waals surface area contributed by atoms with Crippen LogP contribution in [0.25, 0.3) is 5.65 Å². The number of nitrogen functional groups attached to an aromatic ring is 2. The van der Waals surface area contributed by atoms with Crippen LogP contribution in [0.1, 0.15) is 23.2 Å². The average molecular weight is 572 g/mol. The summed E-state index contributed by atoms with van der Waals surface area (Å²) in [5.41, 5.74) is 17.0. The Labute approximate surface area is 233 Å². The van der Waals surface area contributed by atoms with Gasteiger partial charge in [0.05, 0.1) is 49.1 Å². The Morgan fingerprint density at radius 1 is 1.00 bits per heavy atom. The molecule has 41 heavy (non-hydrogen) atoms. The van der Waals surface area contributed by atoms with Crippen LogP contribution in [0, 0.1) is 11.6 Å². The number of aromatic nitrogens is 4. The summed E-state index contributed by atoms with van der Waals surface area (Å²) in [6.07, 6.45) is 3.90. The molecule has 0 atom stereocenters. The Balaban J connectivity index is 1.15. The fraction of sp³-hybridized carbons (Fsp3) is 0.480. The number of fused-ring (bicyclic) bond motifs is 1. The van der Waals surface area contributed by atoms with E-state index in [0.29, 0.717) is 32.0 Å². The first-order valence-corrected chi connectivity index (χ1v) is 13.3. The molecule has 3 fully saturated rings. The van der Waals surface area contributed by atoms with Gasteiger partial charge in [-0.3, -0.25) is 19.5 Å². The van der Waals surface area contributed by atoms with E-state index in [4.69, 9.17) is 21.9 Å². The van der Waals surface area contributed by atoms with E-state index < -0.39 is 28.9 Å². The normalized spacial score (nSPS) is 19.8. The van der Waals surface area contributed by atoms with E-state index in [1.165, 1.54) is 6.20 Å². The van der Waals surface area contributed by atoms with Gasteiger partial charge in [0, 0.05) is 39.3 Å². The fourth-order valence-electron chi connectivity index (χ4n) is 5.61. The highest BCUT2D eigenvalue weighted by Gasteiger charge is 2.42. The summed E-state index contributed by atoms with van der Waals surface area (Å²) in [6.45, 7) is 4.79. The van der Waals surface area contributed by atoms with Gasteiger partial charge in [-0.05, 0) is 12.8 Å². The minimum atomic E-state index is -1.07. The van der Waals surface area contributed by atoms with Gasteiger partial charge in [0.1, 0.15) is 11.3 Å². The Morgan fingerprint density at radius 3 is 2.37 bits per heavy atom. The van der Waals surface area contributed by atoms with Crippen LogP contribution in [0.3, 0.4) is 0 Å². The minimum absolute atomic E-state index is 0.0592. The van der Waals surface area contributed by atoms with Gasteiger partial charge in [0.25, 0.3) is 5.91 Å². The molecule has 3 aliphatic heterocycles. The van der Waals surface area contributed by atoms with Gasteiger partial charge >= 0.3 is 0 Å². The quantitative estimate of drug-likeness (QED) is 0.314. The first kappa shape index (κ1) is 27.0. The van der Waals surface area contributed by atoms with Crippen molar-refractivity contribution in [2.45, 2.75) is 24.4 Å². The van der Waals surface area contributed by atoms with E-state index in [9.17, 15) is 14.0 Å². The summed E-state index contributed by atoms with van der Waals surface area (Å²) >= 11 is 0. The Kier molecular flexibility index (Phi) is 6.83. The van der Waals surface area contributed by atoms with Crippen LogP contribution < -0.4 is 27.4 Å². The summed E-state index contributed by atoms with van der Waals surface area (Å²) < 4.78 is 35.3. The van der Waals surface area contributed by atoms with Crippen molar-refractivity contribution in [3.8, 4) is 0 Å². The van der Waals surface area contributed by atoms with Crippen LogP contribution in [0.15, 0.2) is 18.6 Å². The van der Waals surface area contributed by atoms with E-state index in [-0.39, 0.29) is 47.4 Å². The maximum atomic E-state index is 15.1. The number of pyridine rings is 1. The summed E-state index contributed by atoms with van der Waals surface area (Å²) in [6, 6.07) is 0.425.